The van der Waals surface area contributed by atoms with Crippen molar-refractivity contribution in [3.05, 3.63) is 65.0 Å². The van der Waals surface area contributed by atoms with E-state index in [2.05, 4.69) is 10.3 Å². The lowest BCUT2D eigenvalue weighted by Crippen LogP contribution is -2.42. The molecule has 0 radical (unpaired) electrons. The molecule has 0 saturated heterocycles. The average Bonchev–Trinajstić information content (AvgIpc) is 2.55. The van der Waals surface area contributed by atoms with Gasteiger partial charge in [0.25, 0.3) is 5.91 Å². The molecule has 2 rings (SSSR count). The molecule has 0 spiro atoms. The molecule has 5 heteroatoms. The number of nitrogens with two attached hydrogens (primary N) is 1. The van der Waals surface area contributed by atoms with Crippen LogP contribution in [0.5, 0.6) is 0 Å². The standard InChI is InChI=1S/C21H29N3O2/c1-14-8-5-6-9-15(14)12-17(22)19(25)13-18-16(10-7-11-23-18)20(26)24-21(2,3)4/h5-11,17,19,25H,12-13,22H2,1-4H3,(H,24,26)/t17-,19+/m1/s1. The summed E-state index contributed by atoms with van der Waals surface area (Å²) in [5.41, 5.74) is 9.17. The topological polar surface area (TPSA) is 88.2 Å². The Morgan fingerprint density at radius 3 is 2.54 bits per heavy atom. The molecular formula is C21H29N3O2. The van der Waals surface area contributed by atoms with Crippen LogP contribution in [0.3, 0.4) is 0 Å². The van der Waals surface area contributed by atoms with Crippen molar-refractivity contribution >= 4 is 5.91 Å². The highest BCUT2D eigenvalue weighted by atomic mass is 16.3. The van der Waals surface area contributed by atoms with Crippen molar-refractivity contribution in [1.82, 2.24) is 10.3 Å². The summed E-state index contributed by atoms with van der Waals surface area (Å²) >= 11 is 0. The first kappa shape index (κ1) is 20.1. The fraction of sp³-hybridized carbons (Fsp3) is 0.429. The Labute approximate surface area is 155 Å². The fourth-order valence-corrected chi connectivity index (χ4v) is 2.79. The van der Waals surface area contributed by atoms with Crippen molar-refractivity contribution in [2.45, 2.75) is 58.2 Å². The second-order valence-electron chi connectivity index (χ2n) is 7.77. The number of amides is 1. The number of aliphatic hydroxyl groups excluding tert-OH is 1. The van der Waals surface area contributed by atoms with Crippen LogP contribution < -0.4 is 11.1 Å². The predicted molar refractivity (Wildman–Crippen MR) is 104 cm³/mol. The van der Waals surface area contributed by atoms with Crippen molar-refractivity contribution in [2.24, 2.45) is 5.73 Å². The normalized spacial score (nSPS) is 13.9. The zero-order valence-electron chi connectivity index (χ0n) is 16.0. The quantitative estimate of drug-likeness (QED) is 0.742. The number of nitrogens with zero attached hydrogens (tertiary/aromatic N) is 1. The molecule has 1 aromatic carbocycles. The summed E-state index contributed by atoms with van der Waals surface area (Å²) in [6, 6.07) is 11.0. The first-order chi connectivity index (χ1) is 12.2. The van der Waals surface area contributed by atoms with Crippen molar-refractivity contribution in [1.29, 1.82) is 0 Å². The molecule has 5 nitrogen and oxygen atoms in total. The molecule has 1 heterocycles. The second-order valence-corrected chi connectivity index (χ2v) is 7.77. The van der Waals surface area contributed by atoms with E-state index in [-0.39, 0.29) is 17.9 Å². The molecule has 2 atom stereocenters. The van der Waals surface area contributed by atoms with Gasteiger partial charge in [-0.2, -0.15) is 0 Å². The maximum atomic E-state index is 12.5. The van der Waals surface area contributed by atoms with E-state index in [0.29, 0.717) is 17.7 Å². The average molecular weight is 355 g/mol. The number of pyridine rings is 1. The predicted octanol–water partition coefficient (Wildman–Crippen LogP) is 2.39. The van der Waals surface area contributed by atoms with Crippen LogP contribution in [-0.2, 0) is 12.8 Å². The van der Waals surface area contributed by atoms with Gasteiger partial charge in [-0.25, -0.2) is 0 Å². The zero-order chi connectivity index (χ0) is 19.3. The van der Waals surface area contributed by atoms with Crippen molar-refractivity contribution in [2.75, 3.05) is 0 Å². The lowest BCUT2D eigenvalue weighted by atomic mass is 9.95. The highest BCUT2D eigenvalue weighted by Gasteiger charge is 2.22. The van der Waals surface area contributed by atoms with E-state index in [1.807, 2.05) is 52.0 Å². The lowest BCUT2D eigenvalue weighted by Gasteiger charge is -2.23. The number of aryl methyl sites for hydroxylation is 1. The summed E-state index contributed by atoms with van der Waals surface area (Å²) in [4.78, 5) is 16.8. The molecular weight excluding hydrogens is 326 g/mol. The molecule has 4 N–H and O–H groups in total. The third-order valence-corrected chi connectivity index (χ3v) is 4.24. The molecule has 140 valence electrons. The number of rotatable bonds is 6. The Morgan fingerprint density at radius 1 is 1.19 bits per heavy atom. The van der Waals surface area contributed by atoms with E-state index in [0.717, 1.165) is 11.1 Å². The maximum absolute atomic E-state index is 12.5. The lowest BCUT2D eigenvalue weighted by molar-refractivity contribution is 0.0916. The summed E-state index contributed by atoms with van der Waals surface area (Å²) in [5, 5.41) is 13.5. The van der Waals surface area contributed by atoms with E-state index in [4.69, 9.17) is 5.73 Å². The van der Waals surface area contributed by atoms with Gasteiger partial charge < -0.3 is 16.2 Å². The number of nitrogens with one attached hydrogen (secondary N) is 1. The van der Waals surface area contributed by atoms with E-state index in [9.17, 15) is 9.90 Å². The molecule has 2 aromatic rings. The van der Waals surface area contributed by atoms with E-state index >= 15 is 0 Å². The molecule has 0 aliphatic rings. The van der Waals surface area contributed by atoms with Gasteiger partial charge in [-0.15, -0.1) is 0 Å². The second kappa shape index (κ2) is 8.43. The zero-order valence-corrected chi connectivity index (χ0v) is 16.0. The van der Waals surface area contributed by atoms with Crippen LogP contribution in [-0.4, -0.2) is 33.7 Å². The highest BCUT2D eigenvalue weighted by molar-refractivity contribution is 5.95. The van der Waals surface area contributed by atoms with Gasteiger partial charge in [0, 0.05) is 24.2 Å². The third kappa shape index (κ3) is 5.64. The van der Waals surface area contributed by atoms with Gasteiger partial charge in [0.1, 0.15) is 0 Å². The molecule has 0 bridgehead atoms. The number of aromatic nitrogens is 1. The minimum atomic E-state index is -0.786. The SMILES string of the molecule is Cc1ccccc1C[C@@H](N)[C@@H](O)Cc1ncccc1C(=O)NC(C)(C)C. The van der Waals surface area contributed by atoms with E-state index < -0.39 is 12.1 Å². The molecule has 1 amide bonds. The van der Waals surface area contributed by atoms with Gasteiger partial charge in [0.2, 0.25) is 0 Å². The molecule has 0 saturated carbocycles. The van der Waals surface area contributed by atoms with Crippen LogP contribution in [0.25, 0.3) is 0 Å². The molecule has 26 heavy (non-hydrogen) atoms. The largest absolute Gasteiger partial charge is 0.391 e. The smallest absolute Gasteiger partial charge is 0.253 e. The van der Waals surface area contributed by atoms with Crippen LogP contribution in [0, 0.1) is 6.92 Å². The van der Waals surface area contributed by atoms with Crippen LogP contribution in [0.15, 0.2) is 42.6 Å². The van der Waals surface area contributed by atoms with Gasteiger partial charge in [-0.1, -0.05) is 24.3 Å². The van der Waals surface area contributed by atoms with E-state index in [1.54, 1.807) is 18.3 Å². The van der Waals surface area contributed by atoms with Crippen LogP contribution in [0.4, 0.5) is 0 Å². The number of benzene rings is 1. The Kier molecular flexibility index (Phi) is 6.51. The first-order valence-corrected chi connectivity index (χ1v) is 8.92. The molecule has 0 fully saturated rings. The summed E-state index contributed by atoms with van der Waals surface area (Å²) in [6.45, 7) is 7.80. The van der Waals surface area contributed by atoms with Crippen molar-refractivity contribution < 1.29 is 9.90 Å². The Balaban J connectivity index is 2.10. The summed E-state index contributed by atoms with van der Waals surface area (Å²) in [6.07, 6.45) is 1.65. The number of hydrogen-bond donors (Lipinski definition) is 3. The number of hydrogen-bond acceptors (Lipinski definition) is 4. The fourth-order valence-electron chi connectivity index (χ4n) is 2.79. The Hall–Kier alpha value is -2.24. The molecule has 0 aliphatic heterocycles. The van der Waals surface area contributed by atoms with Gasteiger partial charge in [-0.3, -0.25) is 9.78 Å². The molecule has 0 unspecified atom stereocenters. The summed E-state index contributed by atoms with van der Waals surface area (Å²) in [5.74, 6) is -0.194. The summed E-state index contributed by atoms with van der Waals surface area (Å²) in [7, 11) is 0. The maximum Gasteiger partial charge on any atom is 0.253 e. The Morgan fingerprint density at radius 2 is 1.88 bits per heavy atom. The first-order valence-electron chi connectivity index (χ1n) is 8.92. The van der Waals surface area contributed by atoms with Gasteiger partial charge in [0.15, 0.2) is 0 Å². The molecule has 0 aliphatic carbocycles. The number of carbonyl (C=O) groups is 1. The van der Waals surface area contributed by atoms with Gasteiger partial charge in [-0.05, 0) is 57.4 Å². The summed E-state index contributed by atoms with van der Waals surface area (Å²) < 4.78 is 0. The number of carbonyl (C=O) groups excluding carboxylic acids is 1. The molecule has 1 aromatic heterocycles. The van der Waals surface area contributed by atoms with Crippen molar-refractivity contribution in [3.8, 4) is 0 Å². The monoisotopic (exact) mass is 355 g/mol. The van der Waals surface area contributed by atoms with Crippen LogP contribution in [0.2, 0.25) is 0 Å². The highest BCUT2D eigenvalue weighted by Crippen LogP contribution is 2.15. The Bertz CT molecular complexity index is 753. The van der Waals surface area contributed by atoms with E-state index in [1.165, 1.54) is 0 Å². The van der Waals surface area contributed by atoms with Gasteiger partial charge in [0.05, 0.1) is 17.4 Å². The van der Waals surface area contributed by atoms with Crippen LogP contribution in [0.1, 0.15) is 48.0 Å². The van der Waals surface area contributed by atoms with Crippen molar-refractivity contribution in [3.63, 3.8) is 0 Å². The van der Waals surface area contributed by atoms with Crippen LogP contribution >= 0.6 is 0 Å². The number of aliphatic hydroxyl groups is 1. The third-order valence-electron chi connectivity index (χ3n) is 4.24. The van der Waals surface area contributed by atoms with Gasteiger partial charge >= 0.3 is 0 Å². The minimum absolute atomic E-state index is 0.194. The minimum Gasteiger partial charge on any atom is -0.391 e.